The maximum absolute atomic E-state index is 4.99. The average molecular weight is 717 g/mol. The first-order valence-electron chi connectivity index (χ1n) is 20.3. The third-order valence-corrected chi connectivity index (χ3v) is 11.6. The van der Waals surface area contributed by atoms with Gasteiger partial charge in [-0.25, -0.2) is 0 Å². The molecule has 1 saturated carbocycles. The van der Waals surface area contributed by atoms with Crippen LogP contribution in [-0.4, -0.2) is 9.97 Å². The standard InChI is InChI=1S/C53H52N2/c1-36(2)51-35-55-53(33-50(51)44-23-21-42(22-24-44)41-10-6-5-7-11-41)46-27-25-43(26-28-46)48-12-8-9-13-49(48)47-31-38(4)30-40(32-47)16-15-39-17-19-45(20-18-39)52-29-14-37(3)34-54-52/h8-9,12-14,17-36,41H,5-7,10-11,15-16H2,1-4H3. The molecule has 8 rings (SSSR count). The molecule has 2 nitrogen and oxygen atoms in total. The minimum absolute atomic E-state index is 0.393. The van der Waals surface area contributed by atoms with Crippen molar-refractivity contribution in [1.82, 2.24) is 9.97 Å². The van der Waals surface area contributed by atoms with E-state index in [1.165, 1.54) is 98.9 Å². The van der Waals surface area contributed by atoms with Gasteiger partial charge in [-0.2, -0.15) is 0 Å². The van der Waals surface area contributed by atoms with Crippen molar-refractivity contribution in [3.05, 3.63) is 179 Å². The van der Waals surface area contributed by atoms with Crippen LogP contribution in [0.3, 0.4) is 0 Å². The molecule has 55 heavy (non-hydrogen) atoms. The molecule has 2 heterocycles. The molecule has 274 valence electrons. The molecule has 7 aromatic rings. The van der Waals surface area contributed by atoms with Crippen molar-refractivity contribution in [3.8, 4) is 55.9 Å². The number of aryl methyl sites for hydroxylation is 4. The zero-order valence-electron chi connectivity index (χ0n) is 32.9. The summed E-state index contributed by atoms with van der Waals surface area (Å²) in [5, 5.41) is 0. The van der Waals surface area contributed by atoms with Crippen LogP contribution in [0.4, 0.5) is 0 Å². The fourth-order valence-electron chi connectivity index (χ4n) is 8.44. The molecular weight excluding hydrogens is 665 g/mol. The van der Waals surface area contributed by atoms with Crippen molar-refractivity contribution >= 4 is 0 Å². The van der Waals surface area contributed by atoms with Crippen molar-refractivity contribution in [1.29, 1.82) is 0 Å². The van der Waals surface area contributed by atoms with Crippen LogP contribution in [0.2, 0.25) is 0 Å². The van der Waals surface area contributed by atoms with Crippen LogP contribution in [0, 0.1) is 13.8 Å². The summed E-state index contributed by atoms with van der Waals surface area (Å²) in [5.41, 5.74) is 19.8. The summed E-state index contributed by atoms with van der Waals surface area (Å²) in [6.45, 7) is 8.82. The third-order valence-electron chi connectivity index (χ3n) is 11.6. The molecular formula is C53H52N2. The molecule has 2 aromatic heterocycles. The van der Waals surface area contributed by atoms with E-state index in [9.17, 15) is 0 Å². The van der Waals surface area contributed by atoms with Crippen LogP contribution in [0.15, 0.2) is 146 Å². The first kappa shape index (κ1) is 36.4. The van der Waals surface area contributed by atoms with E-state index in [2.05, 4.69) is 172 Å². The number of hydrogen-bond acceptors (Lipinski definition) is 2. The van der Waals surface area contributed by atoms with Crippen LogP contribution in [0.5, 0.6) is 0 Å². The van der Waals surface area contributed by atoms with Gasteiger partial charge >= 0.3 is 0 Å². The van der Waals surface area contributed by atoms with Gasteiger partial charge in [-0.05, 0) is 125 Å². The van der Waals surface area contributed by atoms with E-state index >= 15 is 0 Å². The van der Waals surface area contributed by atoms with Gasteiger partial charge in [0.1, 0.15) is 0 Å². The predicted octanol–water partition coefficient (Wildman–Crippen LogP) is 14.4. The van der Waals surface area contributed by atoms with E-state index in [1.807, 2.05) is 6.20 Å². The molecule has 0 saturated heterocycles. The summed E-state index contributed by atoms with van der Waals surface area (Å²) in [6.07, 6.45) is 12.8. The van der Waals surface area contributed by atoms with Crippen molar-refractivity contribution in [3.63, 3.8) is 0 Å². The molecule has 1 aliphatic rings. The third kappa shape index (κ3) is 8.40. The summed E-state index contributed by atoms with van der Waals surface area (Å²) in [7, 11) is 0. The van der Waals surface area contributed by atoms with E-state index in [1.54, 1.807) is 0 Å². The fraction of sp³-hybridized carbons (Fsp3) is 0.245. The number of aromatic nitrogens is 2. The highest BCUT2D eigenvalue weighted by Crippen LogP contribution is 2.38. The van der Waals surface area contributed by atoms with Gasteiger partial charge in [0, 0.05) is 23.5 Å². The van der Waals surface area contributed by atoms with Crippen LogP contribution in [0.25, 0.3) is 55.9 Å². The Labute approximate surface area is 328 Å². The Morgan fingerprint density at radius 1 is 0.491 bits per heavy atom. The lowest BCUT2D eigenvalue weighted by atomic mass is 9.83. The second kappa shape index (κ2) is 16.4. The molecule has 0 atom stereocenters. The van der Waals surface area contributed by atoms with E-state index < -0.39 is 0 Å². The molecule has 0 aliphatic heterocycles. The molecule has 1 aliphatic carbocycles. The normalized spacial score (nSPS) is 13.3. The van der Waals surface area contributed by atoms with Crippen LogP contribution >= 0.6 is 0 Å². The van der Waals surface area contributed by atoms with Gasteiger partial charge in [0.2, 0.25) is 0 Å². The number of nitrogens with zero attached hydrogens (tertiary/aromatic N) is 2. The molecule has 2 heteroatoms. The molecule has 0 amide bonds. The van der Waals surface area contributed by atoms with Gasteiger partial charge in [0.25, 0.3) is 0 Å². The van der Waals surface area contributed by atoms with Crippen molar-refractivity contribution in [2.75, 3.05) is 0 Å². The van der Waals surface area contributed by atoms with Gasteiger partial charge in [0.15, 0.2) is 0 Å². The van der Waals surface area contributed by atoms with Crippen molar-refractivity contribution < 1.29 is 0 Å². The Balaban J connectivity index is 1.01. The Bertz CT molecular complexity index is 2360. The lowest BCUT2D eigenvalue weighted by Crippen LogP contribution is -2.04. The number of rotatable bonds is 10. The fourth-order valence-corrected chi connectivity index (χ4v) is 8.44. The van der Waals surface area contributed by atoms with E-state index in [-0.39, 0.29) is 0 Å². The van der Waals surface area contributed by atoms with E-state index in [4.69, 9.17) is 4.98 Å². The zero-order chi connectivity index (χ0) is 37.7. The first-order chi connectivity index (χ1) is 26.9. The maximum Gasteiger partial charge on any atom is 0.0708 e. The lowest BCUT2D eigenvalue weighted by molar-refractivity contribution is 0.443. The second-order valence-corrected chi connectivity index (χ2v) is 16.0. The first-order valence-corrected chi connectivity index (χ1v) is 20.3. The van der Waals surface area contributed by atoms with E-state index in [0.29, 0.717) is 11.8 Å². The van der Waals surface area contributed by atoms with Gasteiger partial charge in [-0.1, -0.05) is 160 Å². The SMILES string of the molecule is Cc1ccc(-c2ccc(CCc3cc(C)cc(-c4ccccc4-c4ccc(-c5cc(-c6ccc(C7CCCCC7)cc6)c(C(C)C)cn5)cc4)c3)cc2)nc1. The molecule has 0 unspecified atom stereocenters. The van der Waals surface area contributed by atoms with Crippen LogP contribution in [0.1, 0.15) is 91.2 Å². The summed E-state index contributed by atoms with van der Waals surface area (Å²) in [5.74, 6) is 1.11. The van der Waals surface area contributed by atoms with Crippen LogP contribution < -0.4 is 0 Å². The topological polar surface area (TPSA) is 25.8 Å². The minimum atomic E-state index is 0.393. The second-order valence-electron chi connectivity index (χ2n) is 16.0. The number of pyridine rings is 2. The summed E-state index contributed by atoms with van der Waals surface area (Å²) in [4.78, 5) is 9.59. The summed E-state index contributed by atoms with van der Waals surface area (Å²) < 4.78 is 0. The Morgan fingerprint density at radius 2 is 1.09 bits per heavy atom. The van der Waals surface area contributed by atoms with Crippen molar-refractivity contribution in [2.45, 2.75) is 84.5 Å². The van der Waals surface area contributed by atoms with E-state index in [0.717, 1.165) is 35.4 Å². The highest BCUT2D eigenvalue weighted by Gasteiger charge is 2.17. The summed E-state index contributed by atoms with van der Waals surface area (Å²) >= 11 is 0. The smallest absolute Gasteiger partial charge is 0.0708 e. The monoisotopic (exact) mass is 716 g/mol. The zero-order valence-corrected chi connectivity index (χ0v) is 32.9. The highest BCUT2D eigenvalue weighted by atomic mass is 14.7. The molecule has 5 aromatic carbocycles. The lowest BCUT2D eigenvalue weighted by Gasteiger charge is -2.22. The number of benzene rings is 5. The van der Waals surface area contributed by atoms with Crippen LogP contribution in [-0.2, 0) is 12.8 Å². The molecule has 0 spiro atoms. The molecule has 1 fully saturated rings. The quantitative estimate of drug-likeness (QED) is 0.141. The molecule has 0 radical (unpaired) electrons. The Kier molecular flexibility index (Phi) is 10.9. The molecule has 0 bridgehead atoms. The maximum atomic E-state index is 4.99. The molecule has 0 N–H and O–H groups in total. The average Bonchev–Trinajstić information content (AvgIpc) is 3.23. The van der Waals surface area contributed by atoms with Crippen molar-refractivity contribution in [2.24, 2.45) is 0 Å². The highest BCUT2D eigenvalue weighted by molar-refractivity contribution is 5.85. The van der Waals surface area contributed by atoms with Gasteiger partial charge in [-0.3, -0.25) is 9.97 Å². The van der Waals surface area contributed by atoms with Gasteiger partial charge < -0.3 is 0 Å². The van der Waals surface area contributed by atoms with Gasteiger partial charge in [-0.15, -0.1) is 0 Å². The van der Waals surface area contributed by atoms with Gasteiger partial charge in [0.05, 0.1) is 11.4 Å². The Hall–Kier alpha value is -5.60. The minimum Gasteiger partial charge on any atom is -0.256 e. The number of hydrogen-bond donors (Lipinski definition) is 0. The summed E-state index contributed by atoms with van der Waals surface area (Å²) in [6, 6.07) is 49.7. The Morgan fingerprint density at radius 3 is 1.78 bits per heavy atom. The largest absolute Gasteiger partial charge is 0.256 e. The predicted molar refractivity (Wildman–Crippen MR) is 232 cm³/mol.